The Morgan fingerprint density at radius 3 is 2.53 bits per heavy atom. The first kappa shape index (κ1) is 12.5. The van der Waals surface area contributed by atoms with Crippen molar-refractivity contribution >= 4 is 0 Å². The van der Waals surface area contributed by atoms with Crippen molar-refractivity contribution < 1.29 is 4.48 Å². The monoisotopic (exact) mass is 208 g/mol. The van der Waals surface area contributed by atoms with E-state index in [0.29, 0.717) is 0 Å². The molecular weight excluding hydrogens is 182 g/mol. The molecule has 15 heavy (non-hydrogen) atoms. The average molecular weight is 208 g/mol. The third kappa shape index (κ3) is 5.17. The maximum absolute atomic E-state index is 2.40. The van der Waals surface area contributed by atoms with Crippen LogP contribution in [0.3, 0.4) is 0 Å². The van der Waals surface area contributed by atoms with Gasteiger partial charge in [-0.1, -0.05) is 32.1 Å². The molecular formula is C14H26N+. The highest BCUT2D eigenvalue weighted by Gasteiger charge is 2.17. The quantitative estimate of drug-likeness (QED) is 0.608. The molecule has 1 aliphatic rings. The molecule has 86 valence electrons. The van der Waals surface area contributed by atoms with E-state index in [2.05, 4.69) is 46.2 Å². The number of hydrogen-bond donors (Lipinski definition) is 0. The van der Waals surface area contributed by atoms with E-state index in [9.17, 15) is 0 Å². The van der Waals surface area contributed by atoms with Crippen LogP contribution in [0.1, 0.15) is 33.1 Å². The Hall–Kier alpha value is -0.560. The Morgan fingerprint density at radius 1 is 1.27 bits per heavy atom. The summed E-state index contributed by atoms with van der Waals surface area (Å²) in [6, 6.07) is 0. The van der Waals surface area contributed by atoms with E-state index in [4.69, 9.17) is 0 Å². The lowest BCUT2D eigenvalue weighted by Crippen LogP contribution is -2.42. The lowest BCUT2D eigenvalue weighted by Gasteiger charge is -2.31. The minimum atomic E-state index is 0.818. The first-order valence-electron chi connectivity index (χ1n) is 6.17. The van der Waals surface area contributed by atoms with Gasteiger partial charge in [0.15, 0.2) is 0 Å². The fourth-order valence-corrected chi connectivity index (χ4v) is 1.97. The normalized spacial score (nSPS) is 17.0. The highest BCUT2D eigenvalue weighted by Crippen LogP contribution is 2.15. The summed E-state index contributed by atoms with van der Waals surface area (Å²) in [6.07, 6.45) is 10.8. The smallest absolute Gasteiger partial charge is 0.104 e. The molecule has 1 nitrogen and oxygen atoms in total. The van der Waals surface area contributed by atoms with Crippen molar-refractivity contribution in [2.24, 2.45) is 5.92 Å². The Labute approximate surface area is 95.1 Å². The van der Waals surface area contributed by atoms with Crippen LogP contribution in [-0.4, -0.2) is 31.7 Å². The van der Waals surface area contributed by atoms with Gasteiger partial charge in [-0.3, -0.25) is 0 Å². The van der Waals surface area contributed by atoms with Gasteiger partial charge in [-0.15, -0.1) is 0 Å². The molecule has 0 radical (unpaired) electrons. The Balaban J connectivity index is 2.40. The van der Waals surface area contributed by atoms with Crippen molar-refractivity contribution in [3.63, 3.8) is 0 Å². The average Bonchev–Trinajstić information content (AvgIpc) is 2.16. The minimum absolute atomic E-state index is 0.818. The fourth-order valence-electron chi connectivity index (χ4n) is 1.97. The highest BCUT2D eigenvalue weighted by atomic mass is 15.3. The summed E-state index contributed by atoms with van der Waals surface area (Å²) in [7, 11) is 4.68. The molecule has 0 heterocycles. The van der Waals surface area contributed by atoms with Gasteiger partial charge in [-0.2, -0.15) is 0 Å². The van der Waals surface area contributed by atoms with Crippen molar-refractivity contribution in [3.05, 3.63) is 23.8 Å². The molecule has 1 aliphatic carbocycles. The number of nitrogens with zero attached hydrogens (tertiary/aromatic N) is 1. The lowest BCUT2D eigenvalue weighted by atomic mass is 10.1. The summed E-state index contributed by atoms with van der Waals surface area (Å²) in [5, 5.41) is 0. The molecule has 0 saturated heterocycles. The summed E-state index contributed by atoms with van der Waals surface area (Å²) in [6.45, 7) is 7.08. The van der Waals surface area contributed by atoms with Crippen LogP contribution in [-0.2, 0) is 0 Å². The Kier molecular flexibility index (Phi) is 4.59. The predicted molar refractivity (Wildman–Crippen MR) is 67.8 cm³/mol. The topological polar surface area (TPSA) is 0 Å². The Bertz CT molecular complexity index is 246. The van der Waals surface area contributed by atoms with Crippen molar-refractivity contribution in [1.29, 1.82) is 0 Å². The van der Waals surface area contributed by atoms with Crippen molar-refractivity contribution in [2.45, 2.75) is 33.1 Å². The van der Waals surface area contributed by atoms with Crippen molar-refractivity contribution in [1.82, 2.24) is 0 Å². The first-order valence-corrected chi connectivity index (χ1v) is 6.17. The molecule has 0 bridgehead atoms. The zero-order valence-corrected chi connectivity index (χ0v) is 10.8. The van der Waals surface area contributed by atoms with Gasteiger partial charge in [0, 0.05) is 5.57 Å². The molecule has 1 heteroatoms. The fraction of sp³-hybridized carbons (Fsp3) is 0.714. The SMILES string of the molecule is CC(C)CC[N+](C)(C)CC1=CCCC=C1. The molecule has 0 fully saturated rings. The van der Waals surface area contributed by atoms with E-state index >= 15 is 0 Å². The number of allylic oxidation sites excluding steroid dienone is 2. The van der Waals surface area contributed by atoms with E-state index in [1.54, 1.807) is 0 Å². The van der Waals surface area contributed by atoms with Crippen LogP contribution in [0.2, 0.25) is 0 Å². The second kappa shape index (κ2) is 5.50. The third-order valence-corrected chi connectivity index (χ3v) is 2.99. The number of quaternary nitrogens is 1. The number of hydrogen-bond acceptors (Lipinski definition) is 0. The van der Waals surface area contributed by atoms with Crippen LogP contribution in [0.15, 0.2) is 23.8 Å². The van der Waals surface area contributed by atoms with Gasteiger partial charge < -0.3 is 4.48 Å². The van der Waals surface area contributed by atoms with Gasteiger partial charge in [0.2, 0.25) is 0 Å². The van der Waals surface area contributed by atoms with Gasteiger partial charge in [0.25, 0.3) is 0 Å². The van der Waals surface area contributed by atoms with Crippen molar-refractivity contribution in [3.8, 4) is 0 Å². The Morgan fingerprint density at radius 2 is 2.00 bits per heavy atom. The van der Waals surface area contributed by atoms with Gasteiger partial charge in [0.1, 0.15) is 6.54 Å². The molecule has 0 aromatic rings. The largest absolute Gasteiger partial charge is 0.325 e. The van der Waals surface area contributed by atoms with Gasteiger partial charge in [-0.25, -0.2) is 0 Å². The molecule has 0 amide bonds. The van der Waals surface area contributed by atoms with E-state index in [-0.39, 0.29) is 0 Å². The summed E-state index contributed by atoms with van der Waals surface area (Å²) >= 11 is 0. The maximum atomic E-state index is 2.40. The predicted octanol–water partition coefficient (Wildman–Crippen LogP) is 3.39. The lowest BCUT2D eigenvalue weighted by molar-refractivity contribution is -0.885. The van der Waals surface area contributed by atoms with Gasteiger partial charge >= 0.3 is 0 Å². The first-order chi connectivity index (χ1) is 6.99. The standard InChI is InChI=1S/C14H26N/c1-13(2)10-11-15(3,4)12-14-8-6-5-7-9-14/h6,8-9,13H,5,7,10-12H2,1-4H3/q+1. The summed E-state index contributed by atoms with van der Waals surface area (Å²) in [5.41, 5.74) is 1.52. The van der Waals surface area contributed by atoms with Crippen molar-refractivity contribution in [2.75, 3.05) is 27.2 Å². The third-order valence-electron chi connectivity index (χ3n) is 2.99. The number of rotatable bonds is 5. The van der Waals surface area contributed by atoms with E-state index in [0.717, 1.165) is 10.4 Å². The van der Waals surface area contributed by atoms with Crippen LogP contribution < -0.4 is 0 Å². The maximum Gasteiger partial charge on any atom is 0.104 e. The zero-order valence-electron chi connectivity index (χ0n) is 10.8. The van der Waals surface area contributed by atoms with E-state index in [1.807, 2.05) is 0 Å². The molecule has 0 spiro atoms. The highest BCUT2D eigenvalue weighted by molar-refractivity contribution is 5.22. The van der Waals surface area contributed by atoms with Gasteiger partial charge in [-0.05, 0) is 25.2 Å². The van der Waals surface area contributed by atoms with E-state index < -0.39 is 0 Å². The molecule has 1 rings (SSSR count). The van der Waals surface area contributed by atoms with Crippen LogP contribution in [0.4, 0.5) is 0 Å². The molecule has 0 saturated carbocycles. The number of likely N-dealkylation sites (N-methyl/N-ethyl adjacent to an activating group) is 1. The second-order valence-electron chi connectivity index (χ2n) is 5.76. The second-order valence-corrected chi connectivity index (χ2v) is 5.76. The molecule has 0 aliphatic heterocycles. The molecule has 0 aromatic heterocycles. The molecule has 0 unspecified atom stereocenters. The van der Waals surface area contributed by atoms with Crippen LogP contribution >= 0.6 is 0 Å². The van der Waals surface area contributed by atoms with E-state index in [1.165, 1.54) is 37.9 Å². The summed E-state index contributed by atoms with van der Waals surface area (Å²) in [5.74, 6) is 0.818. The summed E-state index contributed by atoms with van der Waals surface area (Å²) < 4.78 is 1.12. The van der Waals surface area contributed by atoms with Gasteiger partial charge in [0.05, 0.1) is 20.6 Å². The summed E-state index contributed by atoms with van der Waals surface area (Å²) in [4.78, 5) is 0. The zero-order chi connectivity index (χ0) is 11.3. The molecule has 0 aromatic carbocycles. The molecule has 0 atom stereocenters. The van der Waals surface area contributed by atoms with Crippen LogP contribution in [0.5, 0.6) is 0 Å². The van der Waals surface area contributed by atoms with Crippen LogP contribution in [0.25, 0.3) is 0 Å². The minimum Gasteiger partial charge on any atom is -0.325 e. The van der Waals surface area contributed by atoms with Crippen LogP contribution in [0, 0.1) is 5.92 Å². The molecule has 0 N–H and O–H groups in total.